The number of aromatic nitrogens is 2. The van der Waals surface area contributed by atoms with Crippen molar-refractivity contribution in [3.8, 4) is 0 Å². The van der Waals surface area contributed by atoms with Gasteiger partial charge in [-0.05, 0) is 6.07 Å². The minimum atomic E-state index is -1.30. The molecule has 18 heavy (non-hydrogen) atoms. The topological polar surface area (TPSA) is 105 Å². The predicted octanol–water partition coefficient (Wildman–Crippen LogP) is -1.97. The summed E-state index contributed by atoms with van der Waals surface area (Å²) in [6.45, 7) is -0.224. The van der Waals surface area contributed by atoms with Crippen molar-refractivity contribution in [1.29, 1.82) is 0 Å². The molecule has 0 spiro atoms. The van der Waals surface area contributed by atoms with E-state index in [1.807, 2.05) is 0 Å². The molecular formula is C11H14N2O5. The molecule has 4 atom stereocenters. The number of rotatable bonds is 3. The molecule has 7 heteroatoms. The zero-order valence-corrected chi connectivity index (χ0v) is 9.56. The van der Waals surface area contributed by atoms with E-state index < -0.39 is 29.0 Å². The van der Waals surface area contributed by atoms with Gasteiger partial charge in [-0.1, -0.05) is 0 Å². The van der Waals surface area contributed by atoms with Crippen LogP contribution in [-0.4, -0.2) is 49.8 Å². The van der Waals surface area contributed by atoms with Gasteiger partial charge in [-0.2, -0.15) is 0 Å². The Balaban J connectivity index is 2.01. The van der Waals surface area contributed by atoms with Gasteiger partial charge in [-0.25, -0.2) is 9.78 Å². The Kier molecular flexibility index (Phi) is 2.36. The Labute approximate surface area is 102 Å². The largest absolute Gasteiger partial charge is 0.396 e. The van der Waals surface area contributed by atoms with Crippen LogP contribution in [0.5, 0.6) is 0 Å². The third-order valence-corrected chi connectivity index (χ3v) is 3.84. The van der Waals surface area contributed by atoms with Gasteiger partial charge in [-0.3, -0.25) is 4.57 Å². The first-order valence-electron chi connectivity index (χ1n) is 5.76. The molecule has 3 N–H and O–H groups in total. The van der Waals surface area contributed by atoms with E-state index >= 15 is 0 Å². The highest BCUT2D eigenvalue weighted by Gasteiger charge is 2.79. The van der Waals surface area contributed by atoms with E-state index in [4.69, 9.17) is 9.84 Å². The first-order valence-corrected chi connectivity index (χ1v) is 5.76. The fraction of sp³-hybridized carbons (Fsp3) is 0.636. The maximum Gasteiger partial charge on any atom is 0.349 e. The van der Waals surface area contributed by atoms with E-state index in [1.165, 1.54) is 17.0 Å². The van der Waals surface area contributed by atoms with Crippen molar-refractivity contribution in [2.75, 3.05) is 13.2 Å². The number of hydrogen-bond acceptors (Lipinski definition) is 6. The molecule has 98 valence electrons. The van der Waals surface area contributed by atoms with Crippen LogP contribution in [0.2, 0.25) is 0 Å². The summed E-state index contributed by atoms with van der Waals surface area (Å²) >= 11 is 0. The number of ether oxygens (including phenoxy) is 1. The third kappa shape index (κ3) is 1.27. The van der Waals surface area contributed by atoms with Crippen molar-refractivity contribution >= 4 is 0 Å². The average Bonchev–Trinajstić information content (AvgIpc) is 2.81. The van der Waals surface area contributed by atoms with Gasteiger partial charge in [0.2, 0.25) is 0 Å². The molecule has 0 radical (unpaired) electrons. The van der Waals surface area contributed by atoms with Gasteiger partial charge in [0, 0.05) is 25.4 Å². The quantitative estimate of drug-likeness (QED) is 0.578. The first-order chi connectivity index (χ1) is 8.56. The lowest BCUT2D eigenvalue weighted by Crippen LogP contribution is -2.36. The molecule has 1 aromatic heterocycles. The highest BCUT2D eigenvalue weighted by Crippen LogP contribution is 2.62. The lowest BCUT2D eigenvalue weighted by Gasteiger charge is -2.22. The average molecular weight is 254 g/mol. The molecule has 2 fully saturated rings. The summed E-state index contributed by atoms with van der Waals surface area (Å²) in [5.41, 5.74) is -3.06. The standard InChI is InChI=1S/C11H14N2O5/c14-5-2-10(17)6-18-11(7(10)8(11)15)13-4-1-3-12-9(13)16/h1,3-4,7-8,14-15,17H,2,5-6H2. The van der Waals surface area contributed by atoms with E-state index in [-0.39, 0.29) is 19.6 Å². The number of fused-ring (bicyclic) bond motifs is 1. The summed E-state index contributed by atoms with van der Waals surface area (Å²) in [4.78, 5) is 15.3. The van der Waals surface area contributed by atoms with E-state index in [1.54, 1.807) is 6.07 Å². The van der Waals surface area contributed by atoms with Crippen molar-refractivity contribution in [3.05, 3.63) is 28.9 Å². The number of aliphatic hydroxyl groups is 3. The SMILES string of the molecule is O=c1ncccn1C12OCC(O)(CCO)C1C2O. The molecule has 2 aliphatic rings. The number of nitrogens with zero attached hydrogens (tertiary/aromatic N) is 2. The Morgan fingerprint density at radius 1 is 1.61 bits per heavy atom. The van der Waals surface area contributed by atoms with Crippen LogP contribution in [0.3, 0.4) is 0 Å². The maximum absolute atomic E-state index is 11.7. The summed E-state index contributed by atoms with van der Waals surface area (Å²) in [5, 5.41) is 29.2. The third-order valence-electron chi connectivity index (χ3n) is 3.84. The van der Waals surface area contributed by atoms with Gasteiger partial charge in [0.05, 0.1) is 12.5 Å². The van der Waals surface area contributed by atoms with Crippen LogP contribution < -0.4 is 5.69 Å². The number of aliphatic hydroxyl groups excluding tert-OH is 2. The van der Waals surface area contributed by atoms with Crippen molar-refractivity contribution in [2.45, 2.75) is 23.9 Å². The molecule has 0 bridgehead atoms. The summed E-state index contributed by atoms with van der Waals surface area (Å²) in [5.74, 6) is -0.612. The van der Waals surface area contributed by atoms with Crippen molar-refractivity contribution in [3.63, 3.8) is 0 Å². The fourth-order valence-corrected chi connectivity index (χ4v) is 2.93. The normalized spacial score (nSPS) is 41.7. The molecule has 1 aliphatic heterocycles. The summed E-state index contributed by atoms with van der Waals surface area (Å²) in [6, 6.07) is 1.56. The van der Waals surface area contributed by atoms with Gasteiger partial charge in [0.1, 0.15) is 11.7 Å². The molecule has 1 aromatic rings. The summed E-state index contributed by atoms with van der Waals surface area (Å²) in [6.07, 6.45) is 1.97. The second kappa shape index (κ2) is 3.61. The van der Waals surface area contributed by atoms with Crippen molar-refractivity contribution in [2.24, 2.45) is 5.92 Å². The molecule has 0 amide bonds. The van der Waals surface area contributed by atoms with Gasteiger partial charge in [0.25, 0.3) is 0 Å². The fourth-order valence-electron chi connectivity index (χ4n) is 2.93. The molecule has 3 rings (SSSR count). The lowest BCUT2D eigenvalue weighted by molar-refractivity contribution is -0.0855. The van der Waals surface area contributed by atoms with Crippen LogP contribution in [-0.2, 0) is 10.5 Å². The van der Waals surface area contributed by atoms with Gasteiger partial charge >= 0.3 is 5.69 Å². The van der Waals surface area contributed by atoms with Crippen LogP contribution >= 0.6 is 0 Å². The minimum Gasteiger partial charge on any atom is -0.396 e. The molecule has 4 unspecified atom stereocenters. The van der Waals surface area contributed by atoms with Crippen LogP contribution in [0.15, 0.2) is 23.3 Å². The van der Waals surface area contributed by atoms with Crippen LogP contribution in [0.25, 0.3) is 0 Å². The summed E-state index contributed by atoms with van der Waals surface area (Å²) in [7, 11) is 0. The zero-order valence-electron chi connectivity index (χ0n) is 9.56. The first kappa shape index (κ1) is 11.8. The smallest absolute Gasteiger partial charge is 0.349 e. The molecule has 1 saturated carbocycles. The lowest BCUT2D eigenvalue weighted by atomic mass is 9.96. The second-order valence-electron chi connectivity index (χ2n) is 4.81. The molecule has 1 aliphatic carbocycles. The highest BCUT2D eigenvalue weighted by molar-refractivity contribution is 5.22. The van der Waals surface area contributed by atoms with Crippen molar-refractivity contribution in [1.82, 2.24) is 9.55 Å². The van der Waals surface area contributed by atoms with E-state index in [0.29, 0.717) is 0 Å². The highest BCUT2D eigenvalue weighted by atomic mass is 16.6. The van der Waals surface area contributed by atoms with Crippen LogP contribution in [0, 0.1) is 5.92 Å². The monoisotopic (exact) mass is 254 g/mol. The van der Waals surface area contributed by atoms with Gasteiger partial charge in [0.15, 0.2) is 5.72 Å². The number of hydrogen-bond donors (Lipinski definition) is 3. The van der Waals surface area contributed by atoms with Crippen molar-refractivity contribution < 1.29 is 20.1 Å². The summed E-state index contributed by atoms with van der Waals surface area (Å²) < 4.78 is 6.68. The molecule has 1 saturated heterocycles. The molecule has 7 nitrogen and oxygen atoms in total. The Bertz CT molecular complexity index is 532. The van der Waals surface area contributed by atoms with E-state index in [9.17, 15) is 15.0 Å². The van der Waals surface area contributed by atoms with Gasteiger partial charge in [-0.15, -0.1) is 0 Å². The molecule has 2 heterocycles. The minimum absolute atomic E-state index is 0.0172. The Hall–Kier alpha value is -1.28. The van der Waals surface area contributed by atoms with E-state index in [2.05, 4.69) is 4.98 Å². The Morgan fingerprint density at radius 3 is 3.00 bits per heavy atom. The maximum atomic E-state index is 11.7. The molecular weight excluding hydrogens is 240 g/mol. The predicted molar refractivity (Wildman–Crippen MR) is 58.6 cm³/mol. The second-order valence-corrected chi connectivity index (χ2v) is 4.81. The zero-order chi connectivity index (χ0) is 13.0. The van der Waals surface area contributed by atoms with Crippen LogP contribution in [0.4, 0.5) is 0 Å². The van der Waals surface area contributed by atoms with Crippen LogP contribution in [0.1, 0.15) is 6.42 Å². The molecule has 0 aromatic carbocycles. The van der Waals surface area contributed by atoms with E-state index in [0.717, 1.165) is 0 Å². The Morgan fingerprint density at radius 2 is 2.39 bits per heavy atom. The van der Waals surface area contributed by atoms with Gasteiger partial charge < -0.3 is 20.1 Å².